The maximum atomic E-state index is 12.3. The second-order valence-electron chi connectivity index (χ2n) is 5.05. The van der Waals surface area contributed by atoms with Crippen LogP contribution in [-0.4, -0.2) is 33.0 Å². The second kappa shape index (κ2) is 6.27. The quantitative estimate of drug-likeness (QED) is 0.791. The van der Waals surface area contributed by atoms with E-state index in [9.17, 15) is 4.79 Å². The molecule has 0 aromatic carbocycles. The monoisotopic (exact) mass is 309 g/mol. The molecule has 116 valence electrons. The van der Waals surface area contributed by atoms with Gasteiger partial charge in [0.1, 0.15) is 11.5 Å². The lowest BCUT2D eigenvalue weighted by Crippen LogP contribution is -2.26. The number of amides is 1. The minimum Gasteiger partial charge on any atom is -0.384 e. The van der Waals surface area contributed by atoms with E-state index in [1.807, 2.05) is 12.1 Å². The van der Waals surface area contributed by atoms with Gasteiger partial charge in [-0.25, -0.2) is 4.98 Å². The highest BCUT2D eigenvalue weighted by molar-refractivity contribution is 5.93. The number of aromatic nitrogens is 3. The summed E-state index contributed by atoms with van der Waals surface area (Å²) in [5, 5.41) is 4.00. The van der Waals surface area contributed by atoms with Crippen LogP contribution in [0.5, 0.6) is 0 Å². The van der Waals surface area contributed by atoms with Crippen LogP contribution in [0.1, 0.15) is 16.1 Å². The Morgan fingerprint density at radius 1 is 1.30 bits per heavy atom. The lowest BCUT2D eigenvalue weighted by Gasteiger charge is -2.15. The molecule has 3 rings (SSSR count). The summed E-state index contributed by atoms with van der Waals surface area (Å²) in [6.07, 6.45) is 4.85. The largest absolute Gasteiger partial charge is 0.384 e. The standard InChI is InChI=1S/C16H15N5O2/c1-21(16(22)12-4-5-15(17)19-9-12)10-13-7-14(20-23-13)11-3-2-6-18-8-11/h2-9H,10H2,1H3,(H2,17,19). The average molecular weight is 309 g/mol. The normalized spacial score (nSPS) is 10.5. The maximum Gasteiger partial charge on any atom is 0.255 e. The predicted octanol–water partition coefficient (Wildman–Crippen LogP) is 1.99. The van der Waals surface area contributed by atoms with Crippen LogP contribution < -0.4 is 5.73 Å². The zero-order valence-corrected chi connectivity index (χ0v) is 12.5. The van der Waals surface area contributed by atoms with E-state index in [0.29, 0.717) is 29.4 Å². The van der Waals surface area contributed by atoms with Gasteiger partial charge in [-0.1, -0.05) is 5.16 Å². The van der Waals surface area contributed by atoms with Crippen LogP contribution in [0.4, 0.5) is 5.82 Å². The van der Waals surface area contributed by atoms with Gasteiger partial charge in [-0.2, -0.15) is 0 Å². The topological polar surface area (TPSA) is 98.1 Å². The second-order valence-corrected chi connectivity index (χ2v) is 5.05. The molecular formula is C16H15N5O2. The van der Waals surface area contributed by atoms with Gasteiger partial charge in [0.05, 0.1) is 12.1 Å². The fourth-order valence-electron chi connectivity index (χ4n) is 2.10. The molecule has 0 saturated heterocycles. The van der Waals surface area contributed by atoms with Crippen LogP contribution in [0.15, 0.2) is 53.4 Å². The highest BCUT2D eigenvalue weighted by Crippen LogP contribution is 2.18. The first-order valence-electron chi connectivity index (χ1n) is 6.96. The Morgan fingerprint density at radius 2 is 2.17 bits per heavy atom. The molecular weight excluding hydrogens is 294 g/mol. The molecule has 7 nitrogen and oxygen atoms in total. The van der Waals surface area contributed by atoms with Gasteiger partial charge in [0, 0.05) is 37.3 Å². The predicted molar refractivity (Wildman–Crippen MR) is 84.2 cm³/mol. The van der Waals surface area contributed by atoms with Crippen molar-refractivity contribution in [2.45, 2.75) is 6.54 Å². The van der Waals surface area contributed by atoms with Crippen molar-refractivity contribution in [3.8, 4) is 11.3 Å². The van der Waals surface area contributed by atoms with Crippen molar-refractivity contribution in [1.29, 1.82) is 0 Å². The van der Waals surface area contributed by atoms with E-state index in [-0.39, 0.29) is 5.91 Å². The molecule has 0 atom stereocenters. The van der Waals surface area contributed by atoms with Gasteiger partial charge in [0.15, 0.2) is 5.76 Å². The number of nitrogens with zero attached hydrogens (tertiary/aromatic N) is 4. The van der Waals surface area contributed by atoms with E-state index >= 15 is 0 Å². The molecule has 0 radical (unpaired) electrons. The number of carbonyl (C=O) groups is 1. The number of pyridine rings is 2. The van der Waals surface area contributed by atoms with Crippen LogP contribution in [0.25, 0.3) is 11.3 Å². The Balaban J connectivity index is 1.71. The average Bonchev–Trinajstić information content (AvgIpc) is 3.04. The fourth-order valence-corrected chi connectivity index (χ4v) is 2.10. The first-order chi connectivity index (χ1) is 11.1. The molecule has 0 bridgehead atoms. The number of nitrogens with two attached hydrogens (primary N) is 1. The molecule has 23 heavy (non-hydrogen) atoms. The smallest absolute Gasteiger partial charge is 0.255 e. The van der Waals surface area contributed by atoms with E-state index in [1.54, 1.807) is 37.6 Å². The zero-order chi connectivity index (χ0) is 16.2. The fraction of sp³-hybridized carbons (Fsp3) is 0.125. The third kappa shape index (κ3) is 3.34. The van der Waals surface area contributed by atoms with Crippen molar-refractivity contribution in [2.24, 2.45) is 0 Å². The van der Waals surface area contributed by atoms with Crippen LogP contribution in [0.3, 0.4) is 0 Å². The highest BCUT2D eigenvalue weighted by Gasteiger charge is 2.15. The molecule has 0 saturated carbocycles. The van der Waals surface area contributed by atoms with Crippen molar-refractivity contribution in [1.82, 2.24) is 20.0 Å². The summed E-state index contributed by atoms with van der Waals surface area (Å²) in [6.45, 7) is 0.302. The lowest BCUT2D eigenvalue weighted by molar-refractivity contribution is 0.0772. The van der Waals surface area contributed by atoms with E-state index in [4.69, 9.17) is 10.3 Å². The van der Waals surface area contributed by atoms with Crippen molar-refractivity contribution in [2.75, 3.05) is 12.8 Å². The summed E-state index contributed by atoms with van der Waals surface area (Å²) in [5.41, 5.74) is 7.53. The molecule has 0 fully saturated rings. The number of anilines is 1. The Morgan fingerprint density at radius 3 is 2.87 bits per heavy atom. The molecule has 0 aliphatic rings. The highest BCUT2D eigenvalue weighted by atomic mass is 16.5. The summed E-state index contributed by atoms with van der Waals surface area (Å²) in [7, 11) is 1.69. The third-order valence-corrected chi connectivity index (χ3v) is 3.29. The summed E-state index contributed by atoms with van der Waals surface area (Å²) < 4.78 is 5.29. The van der Waals surface area contributed by atoms with Gasteiger partial charge in [-0.15, -0.1) is 0 Å². The number of nitrogen functional groups attached to an aromatic ring is 1. The molecule has 3 aromatic rings. The van der Waals surface area contributed by atoms with Gasteiger partial charge in [0.25, 0.3) is 5.91 Å². The van der Waals surface area contributed by atoms with E-state index in [1.165, 1.54) is 11.1 Å². The van der Waals surface area contributed by atoms with Gasteiger partial charge >= 0.3 is 0 Å². The molecule has 2 N–H and O–H groups in total. The van der Waals surface area contributed by atoms with Gasteiger partial charge < -0.3 is 15.2 Å². The molecule has 0 spiro atoms. The van der Waals surface area contributed by atoms with Gasteiger partial charge in [-0.3, -0.25) is 9.78 Å². The van der Waals surface area contributed by atoms with Crippen molar-refractivity contribution in [3.63, 3.8) is 0 Å². The molecule has 0 aliphatic carbocycles. The summed E-state index contributed by atoms with van der Waals surface area (Å²) >= 11 is 0. The summed E-state index contributed by atoms with van der Waals surface area (Å²) in [6, 6.07) is 8.75. The molecule has 3 aromatic heterocycles. The van der Waals surface area contributed by atoms with E-state index in [0.717, 1.165) is 5.56 Å². The number of hydrogen-bond acceptors (Lipinski definition) is 6. The maximum absolute atomic E-state index is 12.3. The van der Waals surface area contributed by atoms with Gasteiger partial charge in [0.2, 0.25) is 0 Å². The zero-order valence-electron chi connectivity index (χ0n) is 12.5. The minimum absolute atomic E-state index is 0.170. The van der Waals surface area contributed by atoms with Crippen LogP contribution in [0.2, 0.25) is 0 Å². The Bertz CT molecular complexity index is 799. The van der Waals surface area contributed by atoms with E-state index in [2.05, 4.69) is 15.1 Å². The minimum atomic E-state index is -0.170. The lowest BCUT2D eigenvalue weighted by atomic mass is 10.2. The third-order valence-electron chi connectivity index (χ3n) is 3.29. The number of hydrogen-bond donors (Lipinski definition) is 1. The van der Waals surface area contributed by atoms with Crippen molar-refractivity contribution >= 4 is 11.7 Å². The van der Waals surface area contributed by atoms with Crippen molar-refractivity contribution < 1.29 is 9.32 Å². The Labute approximate surface area is 132 Å². The molecule has 0 unspecified atom stereocenters. The molecule has 0 aliphatic heterocycles. The molecule has 7 heteroatoms. The van der Waals surface area contributed by atoms with Crippen LogP contribution in [0, 0.1) is 0 Å². The van der Waals surface area contributed by atoms with E-state index < -0.39 is 0 Å². The molecule has 1 amide bonds. The number of rotatable bonds is 4. The summed E-state index contributed by atoms with van der Waals surface area (Å²) in [4.78, 5) is 21.8. The first-order valence-corrected chi connectivity index (χ1v) is 6.96. The Kier molecular flexibility index (Phi) is 4.01. The van der Waals surface area contributed by atoms with Gasteiger partial charge in [-0.05, 0) is 24.3 Å². The Hall–Kier alpha value is -3.22. The molecule has 3 heterocycles. The first kappa shape index (κ1) is 14.7. The van der Waals surface area contributed by atoms with Crippen LogP contribution in [-0.2, 0) is 6.54 Å². The number of carbonyl (C=O) groups excluding carboxylic acids is 1. The summed E-state index contributed by atoms with van der Waals surface area (Å²) in [5.74, 6) is 0.792. The van der Waals surface area contributed by atoms with Crippen molar-refractivity contribution in [3.05, 3.63) is 60.2 Å². The SMILES string of the molecule is CN(Cc1cc(-c2cccnc2)no1)C(=O)c1ccc(N)nc1. The van der Waals surface area contributed by atoms with Crippen LogP contribution >= 0.6 is 0 Å².